The fourth-order valence-corrected chi connectivity index (χ4v) is 4.37. The molecule has 4 heterocycles. The number of H-pyrrole nitrogens is 2. The van der Waals surface area contributed by atoms with Gasteiger partial charge in [-0.1, -0.05) is 12.1 Å². The molecule has 156 valence electrons. The van der Waals surface area contributed by atoms with Crippen LogP contribution in [0.1, 0.15) is 12.8 Å². The molecular formula is C23H22N6O2. The Morgan fingerprint density at radius 1 is 1.10 bits per heavy atom. The smallest absolute Gasteiger partial charge is 0.248 e. The van der Waals surface area contributed by atoms with Gasteiger partial charge in [-0.15, -0.1) is 10.2 Å². The third kappa shape index (κ3) is 3.30. The van der Waals surface area contributed by atoms with Crippen molar-refractivity contribution in [3.8, 4) is 22.6 Å². The van der Waals surface area contributed by atoms with Crippen molar-refractivity contribution in [2.75, 3.05) is 19.7 Å². The molecule has 5 aromatic rings. The van der Waals surface area contributed by atoms with Crippen LogP contribution in [0, 0.1) is 0 Å². The number of aromatic nitrogens is 5. The minimum atomic E-state index is 0.217. The summed E-state index contributed by atoms with van der Waals surface area (Å²) in [6, 6.07) is 12.6. The molecule has 1 fully saturated rings. The summed E-state index contributed by atoms with van der Waals surface area (Å²) in [4.78, 5) is 5.56. The summed E-state index contributed by atoms with van der Waals surface area (Å²) in [7, 11) is 0. The maximum Gasteiger partial charge on any atom is 0.248 e. The van der Waals surface area contributed by atoms with Crippen LogP contribution in [0.4, 0.5) is 0 Å². The van der Waals surface area contributed by atoms with Crippen LogP contribution in [0.2, 0.25) is 0 Å². The summed E-state index contributed by atoms with van der Waals surface area (Å²) in [6.07, 6.45) is 3.98. The highest BCUT2D eigenvalue weighted by atomic mass is 16.5. The van der Waals surface area contributed by atoms with Crippen LogP contribution in [0.5, 0.6) is 0 Å². The second-order valence-corrected chi connectivity index (χ2v) is 8.02. The number of ether oxygens (including phenoxy) is 1. The topological polar surface area (TPSA) is 95.9 Å². The van der Waals surface area contributed by atoms with E-state index >= 15 is 0 Å². The molecular weight excluding hydrogens is 392 g/mol. The zero-order chi connectivity index (χ0) is 20.8. The monoisotopic (exact) mass is 414 g/mol. The van der Waals surface area contributed by atoms with Crippen molar-refractivity contribution < 1.29 is 9.15 Å². The van der Waals surface area contributed by atoms with E-state index in [1.807, 2.05) is 6.20 Å². The van der Waals surface area contributed by atoms with Crippen molar-refractivity contribution in [1.29, 1.82) is 0 Å². The lowest BCUT2D eigenvalue weighted by atomic mass is 9.98. The van der Waals surface area contributed by atoms with Crippen molar-refractivity contribution in [2.24, 2.45) is 0 Å². The third-order valence-electron chi connectivity index (χ3n) is 5.85. The summed E-state index contributed by atoms with van der Waals surface area (Å²) < 4.78 is 11.7. The van der Waals surface area contributed by atoms with E-state index in [9.17, 15) is 0 Å². The number of nitrogens with one attached hydrogen (secondary N) is 2. The third-order valence-corrected chi connectivity index (χ3v) is 5.85. The van der Waals surface area contributed by atoms with Gasteiger partial charge in [0, 0.05) is 35.6 Å². The zero-order valence-electron chi connectivity index (χ0n) is 17.1. The normalized spacial score (nSPS) is 17.6. The van der Waals surface area contributed by atoms with Crippen LogP contribution in [-0.2, 0) is 11.3 Å². The first-order valence-corrected chi connectivity index (χ1v) is 10.4. The van der Waals surface area contributed by atoms with Crippen LogP contribution < -0.4 is 0 Å². The second-order valence-electron chi connectivity index (χ2n) is 8.02. The molecule has 1 aliphatic heterocycles. The van der Waals surface area contributed by atoms with Crippen LogP contribution >= 0.6 is 0 Å². The minimum Gasteiger partial charge on any atom is -0.419 e. The van der Waals surface area contributed by atoms with Crippen molar-refractivity contribution in [1.82, 2.24) is 30.3 Å². The maximum atomic E-state index is 6.10. The van der Waals surface area contributed by atoms with E-state index in [4.69, 9.17) is 9.15 Å². The lowest BCUT2D eigenvalue weighted by molar-refractivity contribution is -0.0235. The Bertz CT molecular complexity index is 1370. The molecule has 0 amide bonds. The molecule has 6 rings (SSSR count). The van der Waals surface area contributed by atoms with Gasteiger partial charge in [0.25, 0.3) is 0 Å². The van der Waals surface area contributed by atoms with Crippen molar-refractivity contribution in [2.45, 2.75) is 19.6 Å². The average molecular weight is 414 g/mol. The van der Waals surface area contributed by atoms with E-state index in [0.29, 0.717) is 18.3 Å². The van der Waals surface area contributed by atoms with Gasteiger partial charge in [0.15, 0.2) is 0 Å². The number of nitrogens with zero attached hydrogens (tertiary/aromatic N) is 4. The lowest BCUT2D eigenvalue weighted by Gasteiger charge is -2.29. The number of aromatic amines is 2. The summed E-state index contributed by atoms with van der Waals surface area (Å²) in [5.74, 6) is 1.12. The Morgan fingerprint density at radius 3 is 3.00 bits per heavy atom. The highest BCUT2D eigenvalue weighted by Gasteiger charge is 2.21. The zero-order valence-corrected chi connectivity index (χ0v) is 17.1. The molecule has 1 atom stereocenters. The van der Waals surface area contributed by atoms with Crippen LogP contribution in [0.3, 0.4) is 0 Å². The van der Waals surface area contributed by atoms with Crippen molar-refractivity contribution >= 4 is 21.8 Å². The summed E-state index contributed by atoms with van der Waals surface area (Å²) in [6.45, 7) is 5.16. The molecule has 0 saturated carbocycles. The molecule has 0 spiro atoms. The molecule has 1 unspecified atom stereocenters. The molecule has 1 saturated heterocycles. The Hall–Kier alpha value is -3.49. The van der Waals surface area contributed by atoms with Crippen molar-refractivity contribution in [3.05, 3.63) is 54.7 Å². The molecule has 8 nitrogen and oxygen atoms in total. The number of hydrogen-bond donors (Lipinski definition) is 2. The van der Waals surface area contributed by atoms with Gasteiger partial charge in [-0.2, -0.15) is 5.10 Å². The summed E-state index contributed by atoms with van der Waals surface area (Å²) >= 11 is 0. The van der Waals surface area contributed by atoms with Crippen LogP contribution in [0.15, 0.2) is 53.2 Å². The van der Waals surface area contributed by atoms with E-state index in [-0.39, 0.29) is 6.10 Å². The van der Waals surface area contributed by atoms with Gasteiger partial charge in [-0.25, -0.2) is 0 Å². The highest BCUT2D eigenvalue weighted by molar-refractivity contribution is 6.01. The lowest BCUT2D eigenvalue weighted by Crippen LogP contribution is -2.40. The molecule has 1 aliphatic rings. The molecule has 3 aromatic heterocycles. The first-order chi connectivity index (χ1) is 15.2. The average Bonchev–Trinajstić information content (AvgIpc) is 3.53. The second kappa shape index (κ2) is 7.33. The number of hydrogen-bond acceptors (Lipinski definition) is 6. The van der Waals surface area contributed by atoms with E-state index in [2.05, 4.69) is 73.6 Å². The molecule has 31 heavy (non-hydrogen) atoms. The molecule has 2 N–H and O–H groups in total. The van der Waals surface area contributed by atoms with E-state index in [1.54, 1.807) is 6.20 Å². The molecule has 0 radical (unpaired) electrons. The molecule has 8 heteroatoms. The van der Waals surface area contributed by atoms with E-state index in [0.717, 1.165) is 52.8 Å². The van der Waals surface area contributed by atoms with E-state index in [1.165, 1.54) is 5.39 Å². The van der Waals surface area contributed by atoms with Gasteiger partial charge in [-0.3, -0.25) is 10.00 Å². The largest absolute Gasteiger partial charge is 0.419 e. The fraction of sp³-hybridized carbons (Fsp3) is 0.261. The summed E-state index contributed by atoms with van der Waals surface area (Å²) in [5.41, 5.74) is 5.12. The number of fused-ring (bicyclic) bond motifs is 2. The Kier molecular flexibility index (Phi) is 4.33. The van der Waals surface area contributed by atoms with Gasteiger partial charge < -0.3 is 14.1 Å². The Labute approximate surface area is 178 Å². The Balaban J connectivity index is 1.40. The first kappa shape index (κ1) is 18.3. The van der Waals surface area contributed by atoms with Gasteiger partial charge in [-0.05, 0) is 42.3 Å². The van der Waals surface area contributed by atoms with Gasteiger partial charge in [0.2, 0.25) is 11.8 Å². The van der Waals surface area contributed by atoms with Gasteiger partial charge >= 0.3 is 0 Å². The highest BCUT2D eigenvalue weighted by Crippen LogP contribution is 2.35. The number of benzene rings is 2. The van der Waals surface area contributed by atoms with Gasteiger partial charge in [0.05, 0.1) is 36.5 Å². The number of rotatable bonds is 4. The van der Waals surface area contributed by atoms with Crippen LogP contribution in [0.25, 0.3) is 44.4 Å². The molecule has 0 bridgehead atoms. The van der Waals surface area contributed by atoms with E-state index < -0.39 is 0 Å². The molecule has 2 aromatic carbocycles. The Morgan fingerprint density at radius 2 is 2.06 bits per heavy atom. The maximum absolute atomic E-state index is 6.10. The predicted molar refractivity (Wildman–Crippen MR) is 117 cm³/mol. The fourth-order valence-electron chi connectivity index (χ4n) is 4.37. The quantitative estimate of drug-likeness (QED) is 0.462. The standard InChI is InChI=1S/C23H22N6O2/c1-14-12-29(7-8-30-14)13-22-27-28-23(31-22)18-9-15(10-21-19(18)11-25-26-21)16-3-2-4-20-17(16)5-6-24-20/h2-6,9-11,14,24H,7-8,12-13H2,1H3,(H,25,26). The van der Waals surface area contributed by atoms with Crippen LogP contribution in [-0.4, -0.2) is 56.1 Å². The minimum absolute atomic E-state index is 0.217. The summed E-state index contributed by atoms with van der Waals surface area (Å²) in [5, 5.41) is 18.1. The predicted octanol–water partition coefficient (Wildman–Crippen LogP) is 3.98. The van der Waals surface area contributed by atoms with Crippen molar-refractivity contribution in [3.63, 3.8) is 0 Å². The molecule has 0 aliphatic carbocycles. The first-order valence-electron chi connectivity index (χ1n) is 10.4. The SMILES string of the molecule is CC1CN(Cc2nnc(-c3cc(-c4cccc5[nH]ccc45)cc4[nH]ncc34)o2)CCO1. The number of morpholine rings is 1. The van der Waals surface area contributed by atoms with Gasteiger partial charge in [0.1, 0.15) is 0 Å².